The van der Waals surface area contributed by atoms with E-state index < -0.39 is 0 Å². The van der Waals surface area contributed by atoms with Gasteiger partial charge < -0.3 is 10.2 Å². The minimum absolute atomic E-state index is 0. The molecule has 0 unspecified atom stereocenters. The topological polar surface area (TPSA) is 30.0 Å². The average Bonchev–Trinajstić information content (AvgIpc) is 0. The van der Waals surface area contributed by atoms with Gasteiger partial charge in [0.05, 0.1) is 0 Å². The Morgan fingerprint density at radius 3 is 1.00 bits per heavy atom. The first-order valence-electron chi connectivity index (χ1n) is 0. The van der Waals surface area contributed by atoms with Crippen LogP contribution in [0.25, 0.3) is 0 Å². The molecule has 4 heavy (non-hydrogen) atoms. The van der Waals surface area contributed by atoms with Crippen molar-refractivity contribution >= 4 is 60.8 Å². The molecule has 0 aromatic heterocycles. The van der Waals surface area contributed by atoms with Gasteiger partial charge in [-0.15, -0.1) is 0 Å². The van der Waals surface area contributed by atoms with Crippen molar-refractivity contribution in [2.75, 3.05) is 0 Å². The first kappa shape index (κ1) is 38.9. The summed E-state index contributed by atoms with van der Waals surface area (Å²) in [6.07, 6.45) is 0. The monoisotopic (exact) mass is 99.9 g/mol. The third-order valence-corrected chi connectivity index (χ3v) is 0. The summed E-state index contributed by atoms with van der Waals surface area (Å²) in [4.78, 5) is 0. The van der Waals surface area contributed by atoms with Crippen molar-refractivity contribution in [3.8, 4) is 0 Å². The molecular formula is HCaFMgO+2. The molecule has 0 saturated carbocycles. The van der Waals surface area contributed by atoms with Gasteiger partial charge in [0.2, 0.25) is 0 Å². The molecule has 1 N–H and O–H groups in total. The quantitative estimate of drug-likeness (QED) is 0.286. The summed E-state index contributed by atoms with van der Waals surface area (Å²) in [7, 11) is 0. The van der Waals surface area contributed by atoms with Gasteiger partial charge in [0, 0.05) is 0 Å². The predicted molar refractivity (Wildman–Crippen MR) is 13.4 cm³/mol. The molecule has 4 heteroatoms. The van der Waals surface area contributed by atoms with Gasteiger partial charge in [-0.1, -0.05) is 0 Å². The van der Waals surface area contributed by atoms with Gasteiger partial charge in [-0.3, -0.25) is 0 Å². The Hall–Kier alpha value is 1.92. The van der Waals surface area contributed by atoms with E-state index in [1.807, 2.05) is 0 Å². The molecular weight excluding hydrogens is 99.4 g/mol. The maximum Gasteiger partial charge on any atom is 2.00 e. The minimum Gasteiger partial charge on any atom is -1.00 e. The summed E-state index contributed by atoms with van der Waals surface area (Å²) >= 11 is 0. The fourth-order valence-electron chi connectivity index (χ4n) is 0. The van der Waals surface area contributed by atoms with Crippen LogP contribution in [0.1, 0.15) is 0 Å². The average molecular weight is 100 g/mol. The van der Waals surface area contributed by atoms with Crippen molar-refractivity contribution in [2.45, 2.75) is 0 Å². The van der Waals surface area contributed by atoms with Crippen LogP contribution in [-0.2, 0) is 0 Å². The largest absolute Gasteiger partial charge is 2.00 e. The molecule has 0 aliphatic carbocycles. The van der Waals surface area contributed by atoms with Gasteiger partial charge in [0.15, 0.2) is 0 Å². The summed E-state index contributed by atoms with van der Waals surface area (Å²) in [6, 6.07) is 0. The van der Waals surface area contributed by atoms with Crippen molar-refractivity contribution < 1.29 is 10.2 Å². The number of halogens is 1. The third-order valence-electron chi connectivity index (χ3n) is 0. The van der Waals surface area contributed by atoms with Crippen LogP contribution in [0.15, 0.2) is 0 Å². The van der Waals surface area contributed by atoms with Crippen molar-refractivity contribution in [1.29, 1.82) is 0 Å². The van der Waals surface area contributed by atoms with Crippen molar-refractivity contribution in [3.63, 3.8) is 0 Å². The number of rotatable bonds is 0. The summed E-state index contributed by atoms with van der Waals surface area (Å²) in [5.41, 5.74) is 0. The fourth-order valence-corrected chi connectivity index (χ4v) is 0. The molecule has 0 aliphatic heterocycles. The van der Waals surface area contributed by atoms with Gasteiger partial charge >= 0.3 is 60.8 Å². The van der Waals surface area contributed by atoms with E-state index in [1.165, 1.54) is 0 Å². The van der Waals surface area contributed by atoms with E-state index in [9.17, 15) is 0 Å². The molecule has 0 aromatic rings. The third kappa shape index (κ3) is 9.07. The molecule has 0 amide bonds. The van der Waals surface area contributed by atoms with Crippen LogP contribution < -0.4 is 4.70 Å². The van der Waals surface area contributed by atoms with E-state index in [1.54, 1.807) is 0 Å². The molecule has 0 aliphatic rings. The summed E-state index contributed by atoms with van der Waals surface area (Å²) < 4.78 is 0. The smallest absolute Gasteiger partial charge is 1.00 e. The Morgan fingerprint density at radius 2 is 1.00 bits per heavy atom. The van der Waals surface area contributed by atoms with E-state index in [0.717, 1.165) is 0 Å². The number of hydrogen-bond acceptors (Lipinski definition) is 1. The first-order chi connectivity index (χ1) is 0. The van der Waals surface area contributed by atoms with Crippen LogP contribution in [0.2, 0.25) is 0 Å². The van der Waals surface area contributed by atoms with Crippen LogP contribution in [0.3, 0.4) is 0 Å². The zero-order chi connectivity index (χ0) is 0. The summed E-state index contributed by atoms with van der Waals surface area (Å²) in [5.74, 6) is 0. The molecule has 0 atom stereocenters. The van der Waals surface area contributed by atoms with Crippen molar-refractivity contribution in [2.24, 2.45) is 0 Å². The second kappa shape index (κ2) is 20.5. The minimum atomic E-state index is 0. The first-order valence-corrected chi connectivity index (χ1v) is 0. The van der Waals surface area contributed by atoms with Gasteiger partial charge in [-0.05, 0) is 0 Å². The van der Waals surface area contributed by atoms with Crippen LogP contribution in [-0.4, -0.2) is 66.3 Å². The van der Waals surface area contributed by atoms with Crippen molar-refractivity contribution in [1.82, 2.24) is 0 Å². The van der Waals surface area contributed by atoms with Gasteiger partial charge in [0.25, 0.3) is 0 Å². The molecule has 0 rings (SSSR count). The Labute approximate surface area is 70.0 Å². The van der Waals surface area contributed by atoms with E-state index in [4.69, 9.17) is 0 Å². The molecule has 0 spiro atoms. The van der Waals surface area contributed by atoms with Gasteiger partial charge in [0.1, 0.15) is 0 Å². The fraction of sp³-hybridized carbons (Fsp3) is 0. The molecule has 0 fully saturated rings. The van der Waals surface area contributed by atoms with Crippen LogP contribution in [0.5, 0.6) is 0 Å². The zero-order valence-electron chi connectivity index (χ0n) is 2.24. The summed E-state index contributed by atoms with van der Waals surface area (Å²) in [5, 5.41) is 0. The van der Waals surface area contributed by atoms with Crippen LogP contribution in [0, 0.1) is 0 Å². The van der Waals surface area contributed by atoms with Gasteiger partial charge in [-0.25, -0.2) is 0 Å². The standard InChI is InChI=1S/Ca.FH.Mg.H2O/h;1H;;1H2/q+2;;+2;/p-2. The Balaban J connectivity index is 0. The van der Waals surface area contributed by atoms with Crippen molar-refractivity contribution in [3.05, 3.63) is 0 Å². The van der Waals surface area contributed by atoms with E-state index in [2.05, 4.69) is 0 Å². The predicted octanol–water partition coefficient (Wildman–Crippen LogP) is -3.93. The maximum atomic E-state index is 0. The van der Waals surface area contributed by atoms with E-state index in [-0.39, 0.29) is 71.0 Å². The molecule has 0 aromatic carbocycles. The molecule has 0 bridgehead atoms. The van der Waals surface area contributed by atoms with E-state index >= 15 is 0 Å². The van der Waals surface area contributed by atoms with Crippen LogP contribution >= 0.6 is 0 Å². The molecule has 1 nitrogen and oxygen atoms in total. The van der Waals surface area contributed by atoms with Crippen LogP contribution in [0.4, 0.5) is 0 Å². The Bertz CT molecular complexity index is 8.00. The molecule has 0 saturated heterocycles. The zero-order valence-corrected chi connectivity index (χ0v) is 5.86. The SMILES string of the molecule is [Ca+2].[F-].[Mg+2].[OH-]. The maximum absolute atomic E-state index is 0. The second-order valence-electron chi connectivity index (χ2n) is 0. The summed E-state index contributed by atoms with van der Waals surface area (Å²) in [6.45, 7) is 0. The number of hydrogen-bond donors (Lipinski definition) is 0. The molecule has 0 heterocycles. The molecule has 16 valence electrons. The molecule has 0 radical (unpaired) electrons. The second-order valence-corrected chi connectivity index (χ2v) is 0. The Morgan fingerprint density at radius 1 is 1.00 bits per heavy atom. The van der Waals surface area contributed by atoms with Gasteiger partial charge in [-0.2, -0.15) is 0 Å². The Kier molecular flexibility index (Phi) is 200. The van der Waals surface area contributed by atoms with E-state index in [0.29, 0.717) is 0 Å². The normalized spacial score (nSPS) is 0.